The summed E-state index contributed by atoms with van der Waals surface area (Å²) in [5.74, 6) is -0.852. The van der Waals surface area contributed by atoms with Crippen LogP contribution in [0.5, 0.6) is 17.2 Å². The normalized spacial score (nSPS) is 14.0. The van der Waals surface area contributed by atoms with Crippen LogP contribution in [0.1, 0.15) is 29.8 Å². The van der Waals surface area contributed by atoms with Gasteiger partial charge in [0.15, 0.2) is 0 Å². The molecule has 0 saturated heterocycles. The lowest BCUT2D eigenvalue weighted by molar-refractivity contribution is -0.138. The Bertz CT molecular complexity index is 1230. The Hall–Kier alpha value is -4.15. The molecule has 188 valence electrons. The van der Waals surface area contributed by atoms with Crippen molar-refractivity contribution in [1.29, 1.82) is 0 Å². The second-order valence-electron chi connectivity index (χ2n) is 8.26. The van der Waals surface area contributed by atoms with Crippen LogP contribution in [0.25, 0.3) is 0 Å². The molecule has 36 heavy (non-hydrogen) atoms. The fraction of sp³-hybridized carbons (Fsp3) is 0.280. The summed E-state index contributed by atoms with van der Waals surface area (Å²) in [6, 6.07) is 11.7. The van der Waals surface area contributed by atoms with Gasteiger partial charge >= 0.3 is 6.18 Å². The van der Waals surface area contributed by atoms with Crippen molar-refractivity contribution in [2.24, 2.45) is 0 Å². The molecule has 4 rings (SSSR count). The summed E-state index contributed by atoms with van der Waals surface area (Å²) in [5, 5.41) is 5.53. The summed E-state index contributed by atoms with van der Waals surface area (Å²) in [7, 11) is 1.28. The molecule has 2 aromatic heterocycles. The minimum absolute atomic E-state index is 0.0558. The van der Waals surface area contributed by atoms with E-state index in [1.807, 2.05) is 0 Å². The van der Waals surface area contributed by atoms with E-state index in [1.165, 1.54) is 37.6 Å². The minimum atomic E-state index is -4.63. The lowest BCUT2D eigenvalue weighted by Crippen LogP contribution is -2.49. The molecule has 1 saturated carbocycles. The molecule has 2 heterocycles. The van der Waals surface area contributed by atoms with Gasteiger partial charge in [0.05, 0.1) is 32.0 Å². The number of ether oxygens (including phenoxy) is 2. The quantitative estimate of drug-likeness (QED) is 0.463. The van der Waals surface area contributed by atoms with E-state index in [4.69, 9.17) is 9.47 Å². The van der Waals surface area contributed by atoms with Crippen molar-refractivity contribution in [3.8, 4) is 17.2 Å². The molecule has 0 atom stereocenters. The van der Waals surface area contributed by atoms with Gasteiger partial charge in [0.2, 0.25) is 11.8 Å². The molecule has 0 aliphatic heterocycles. The third-order valence-corrected chi connectivity index (χ3v) is 5.58. The Morgan fingerprint density at radius 1 is 1.03 bits per heavy atom. The first kappa shape index (κ1) is 25.0. The van der Waals surface area contributed by atoms with E-state index >= 15 is 0 Å². The van der Waals surface area contributed by atoms with Gasteiger partial charge in [0, 0.05) is 11.9 Å². The molecule has 1 aliphatic rings. The third kappa shape index (κ3) is 6.09. The summed E-state index contributed by atoms with van der Waals surface area (Å²) < 4.78 is 50.4. The summed E-state index contributed by atoms with van der Waals surface area (Å²) in [6.07, 6.45) is -0.644. The molecule has 2 amide bonds. The molecule has 1 fully saturated rings. The number of nitrogens with one attached hydrogen (secondary N) is 2. The number of hydrogen-bond donors (Lipinski definition) is 2. The third-order valence-electron chi connectivity index (χ3n) is 5.58. The van der Waals surface area contributed by atoms with Crippen LogP contribution < -0.4 is 20.1 Å². The van der Waals surface area contributed by atoms with Crippen molar-refractivity contribution in [3.05, 3.63) is 77.9 Å². The minimum Gasteiger partial charge on any atom is -0.497 e. The van der Waals surface area contributed by atoms with Crippen molar-refractivity contribution in [2.45, 2.75) is 37.5 Å². The van der Waals surface area contributed by atoms with E-state index in [0.29, 0.717) is 24.2 Å². The predicted octanol–water partition coefficient (Wildman–Crippen LogP) is 3.80. The first-order valence-electron chi connectivity index (χ1n) is 11.1. The van der Waals surface area contributed by atoms with E-state index in [1.54, 1.807) is 24.4 Å². The lowest BCUT2D eigenvalue weighted by atomic mass is 10.2. The maximum Gasteiger partial charge on any atom is 0.420 e. The fourth-order valence-electron chi connectivity index (χ4n) is 3.50. The van der Waals surface area contributed by atoms with Crippen molar-refractivity contribution in [2.75, 3.05) is 7.11 Å². The Morgan fingerprint density at radius 2 is 1.81 bits per heavy atom. The molecule has 2 N–H and O–H groups in total. The lowest BCUT2D eigenvalue weighted by Gasteiger charge is -2.17. The second-order valence-corrected chi connectivity index (χ2v) is 8.26. The molecule has 0 bridgehead atoms. The fourth-order valence-corrected chi connectivity index (χ4v) is 3.50. The molecular formula is C25H23F3N4O4. The molecule has 1 aliphatic carbocycles. The molecule has 0 spiro atoms. The van der Waals surface area contributed by atoms with Crippen LogP contribution in [0.4, 0.5) is 13.2 Å². The van der Waals surface area contributed by atoms with E-state index in [2.05, 4.69) is 20.6 Å². The molecule has 3 aromatic rings. The van der Waals surface area contributed by atoms with Crippen LogP contribution in [0, 0.1) is 0 Å². The Labute approximate surface area is 204 Å². The standard InChI is InChI=1S/C25H23F3N4O4/c1-35-18-7-8-21(20(13-18)25(26,27)28)36-19-6-5-17(30-15-19)14-31-23(34)24(9-10-24)32-22(33)12-16-4-2-3-11-29-16/h2-8,11,13,15H,9-10,12,14H2,1H3,(H,31,34)(H,32,33). The molecule has 0 radical (unpaired) electrons. The summed E-state index contributed by atoms with van der Waals surface area (Å²) in [4.78, 5) is 33.2. The zero-order valence-electron chi connectivity index (χ0n) is 19.3. The molecule has 11 heteroatoms. The van der Waals surface area contributed by atoms with Gasteiger partial charge in [-0.05, 0) is 55.3 Å². The summed E-state index contributed by atoms with van der Waals surface area (Å²) in [6.45, 7) is 0.0767. The topological polar surface area (TPSA) is 102 Å². The number of pyridine rings is 2. The van der Waals surface area contributed by atoms with Crippen LogP contribution in [0.2, 0.25) is 0 Å². The summed E-state index contributed by atoms with van der Waals surface area (Å²) >= 11 is 0. The van der Waals surface area contributed by atoms with E-state index in [-0.39, 0.29) is 42.0 Å². The molecule has 8 nitrogen and oxygen atoms in total. The number of methoxy groups -OCH3 is 1. The number of rotatable bonds is 9. The number of carbonyl (C=O) groups excluding carboxylic acids is 2. The highest BCUT2D eigenvalue weighted by molar-refractivity contribution is 5.94. The molecule has 1 aromatic carbocycles. The van der Waals surface area contributed by atoms with Crippen molar-refractivity contribution in [3.63, 3.8) is 0 Å². The van der Waals surface area contributed by atoms with Gasteiger partial charge in [0.25, 0.3) is 0 Å². The van der Waals surface area contributed by atoms with Gasteiger partial charge in [-0.15, -0.1) is 0 Å². The van der Waals surface area contributed by atoms with Crippen molar-refractivity contribution >= 4 is 11.8 Å². The highest BCUT2D eigenvalue weighted by Gasteiger charge is 2.51. The van der Waals surface area contributed by atoms with Crippen molar-refractivity contribution < 1.29 is 32.2 Å². The highest BCUT2D eigenvalue weighted by Crippen LogP contribution is 2.40. The second kappa shape index (κ2) is 10.2. The van der Waals surface area contributed by atoms with E-state index in [9.17, 15) is 22.8 Å². The first-order valence-corrected chi connectivity index (χ1v) is 11.1. The maximum atomic E-state index is 13.4. The number of carbonyl (C=O) groups is 2. The zero-order chi connectivity index (χ0) is 25.8. The van der Waals surface area contributed by atoms with Crippen LogP contribution >= 0.6 is 0 Å². The summed E-state index contributed by atoms with van der Waals surface area (Å²) in [5.41, 5.74) is -0.845. The number of alkyl halides is 3. The Morgan fingerprint density at radius 3 is 2.42 bits per heavy atom. The van der Waals surface area contributed by atoms with E-state index in [0.717, 1.165) is 6.07 Å². The number of benzene rings is 1. The van der Waals surface area contributed by atoms with Gasteiger partial charge < -0.3 is 20.1 Å². The largest absolute Gasteiger partial charge is 0.497 e. The first-order chi connectivity index (χ1) is 17.2. The monoisotopic (exact) mass is 500 g/mol. The predicted molar refractivity (Wildman–Crippen MR) is 122 cm³/mol. The maximum absolute atomic E-state index is 13.4. The average Bonchev–Trinajstić information content (AvgIpc) is 3.64. The number of aromatic nitrogens is 2. The van der Waals surface area contributed by atoms with Gasteiger partial charge in [-0.3, -0.25) is 19.6 Å². The number of amides is 2. The van der Waals surface area contributed by atoms with Gasteiger partial charge in [-0.2, -0.15) is 13.2 Å². The van der Waals surface area contributed by atoms with Gasteiger partial charge in [-0.25, -0.2) is 0 Å². The number of halogens is 3. The molecular weight excluding hydrogens is 477 g/mol. The average molecular weight is 500 g/mol. The van der Waals surface area contributed by atoms with Crippen LogP contribution in [-0.2, 0) is 28.7 Å². The molecule has 0 unspecified atom stereocenters. The van der Waals surface area contributed by atoms with Crippen LogP contribution in [0.15, 0.2) is 60.9 Å². The van der Waals surface area contributed by atoms with Crippen LogP contribution in [-0.4, -0.2) is 34.4 Å². The van der Waals surface area contributed by atoms with Crippen molar-refractivity contribution in [1.82, 2.24) is 20.6 Å². The highest BCUT2D eigenvalue weighted by atomic mass is 19.4. The van der Waals surface area contributed by atoms with Crippen LogP contribution in [0.3, 0.4) is 0 Å². The SMILES string of the molecule is COc1ccc(Oc2ccc(CNC(=O)C3(NC(=O)Cc4ccccn4)CC3)nc2)c(C(F)(F)F)c1. The Kier molecular flexibility index (Phi) is 7.09. The van der Waals surface area contributed by atoms with Gasteiger partial charge in [0.1, 0.15) is 28.4 Å². The van der Waals surface area contributed by atoms with Gasteiger partial charge in [-0.1, -0.05) is 6.07 Å². The number of hydrogen-bond acceptors (Lipinski definition) is 6. The Balaban J connectivity index is 1.32. The van der Waals surface area contributed by atoms with E-state index < -0.39 is 17.3 Å². The smallest absolute Gasteiger partial charge is 0.420 e. The number of nitrogens with zero attached hydrogens (tertiary/aromatic N) is 2. The zero-order valence-corrected chi connectivity index (χ0v) is 19.3.